The van der Waals surface area contributed by atoms with Gasteiger partial charge in [-0.2, -0.15) is 0 Å². The molecule has 0 fully saturated rings. The predicted octanol–water partition coefficient (Wildman–Crippen LogP) is 21.7. The quantitative estimate of drug-likeness (QED) is 0.0222. The van der Waals surface area contributed by atoms with E-state index >= 15 is 0 Å². The third kappa shape index (κ3) is 68.4. The van der Waals surface area contributed by atoms with Crippen molar-refractivity contribution in [3.05, 3.63) is 0 Å². The van der Waals surface area contributed by atoms with E-state index in [1.807, 2.05) is 0 Å². The Labute approximate surface area is 568 Å². The number of hydrogen-bond donors (Lipinski definition) is 3. The van der Waals surface area contributed by atoms with Crippen LogP contribution in [-0.2, 0) is 65.4 Å². The van der Waals surface area contributed by atoms with Crippen LogP contribution in [-0.4, -0.2) is 96.7 Å². The van der Waals surface area contributed by atoms with Crippen LogP contribution in [0.4, 0.5) is 0 Å². The van der Waals surface area contributed by atoms with Gasteiger partial charge in [0.1, 0.15) is 19.3 Å². The van der Waals surface area contributed by atoms with E-state index in [1.54, 1.807) is 0 Å². The smallest absolute Gasteiger partial charge is 0.462 e. The monoisotopic (exact) mass is 1370 g/mol. The molecule has 0 heterocycles. The van der Waals surface area contributed by atoms with Crippen LogP contribution in [0.2, 0.25) is 0 Å². The number of rotatable bonds is 74. The maximum atomic E-state index is 13.1. The lowest BCUT2D eigenvalue weighted by molar-refractivity contribution is -0.161. The molecule has 0 saturated carbocycles. The number of aliphatic hydroxyl groups excluding tert-OH is 1. The van der Waals surface area contributed by atoms with Gasteiger partial charge in [-0.15, -0.1) is 0 Å². The van der Waals surface area contributed by atoms with E-state index in [2.05, 4.69) is 34.6 Å². The zero-order chi connectivity index (χ0) is 68.4. The summed E-state index contributed by atoms with van der Waals surface area (Å²) in [5, 5.41) is 10.6. The number of esters is 4. The SMILES string of the molecule is CCCCCCCCCCCCCCCCCCCCCCC(=O)O[C@H](COC(=O)CCCCCCCCCCCCCC(C)C)COP(=O)(O)OC[C@@H](O)COP(=O)(O)OC[C@@H](COC(=O)CCCCCCCCC)OC(=O)CCCCCCCCCCCCCC. The first-order valence-corrected chi connectivity index (χ1v) is 41.6. The van der Waals surface area contributed by atoms with Crippen molar-refractivity contribution in [3.8, 4) is 0 Å². The molecular weight excluding hydrogens is 1220 g/mol. The van der Waals surface area contributed by atoms with Crippen LogP contribution < -0.4 is 0 Å². The van der Waals surface area contributed by atoms with Crippen LogP contribution in [0.15, 0.2) is 0 Å². The van der Waals surface area contributed by atoms with Gasteiger partial charge in [-0.05, 0) is 31.6 Å². The molecule has 19 heteroatoms. The van der Waals surface area contributed by atoms with Crippen molar-refractivity contribution in [3.63, 3.8) is 0 Å². The van der Waals surface area contributed by atoms with Crippen molar-refractivity contribution in [1.82, 2.24) is 0 Å². The summed E-state index contributed by atoms with van der Waals surface area (Å²) in [7, 11) is -9.90. The molecule has 93 heavy (non-hydrogen) atoms. The number of unbranched alkanes of at least 4 members (excludes halogenated alkanes) is 46. The third-order valence-corrected chi connectivity index (χ3v) is 19.2. The second-order valence-corrected chi connectivity index (χ2v) is 30.1. The molecule has 0 radical (unpaired) electrons. The molecule has 2 unspecified atom stereocenters. The summed E-state index contributed by atoms with van der Waals surface area (Å²) in [4.78, 5) is 72.6. The third-order valence-electron chi connectivity index (χ3n) is 17.3. The highest BCUT2D eigenvalue weighted by atomic mass is 31.2. The van der Waals surface area contributed by atoms with Crippen LogP contribution in [0.5, 0.6) is 0 Å². The van der Waals surface area contributed by atoms with Gasteiger partial charge in [-0.25, -0.2) is 9.13 Å². The minimum absolute atomic E-state index is 0.107. The lowest BCUT2D eigenvalue weighted by Crippen LogP contribution is -2.30. The summed E-state index contributed by atoms with van der Waals surface area (Å²) in [5.74, 6) is -1.35. The minimum Gasteiger partial charge on any atom is -0.462 e. The fourth-order valence-corrected chi connectivity index (χ4v) is 12.9. The normalized spacial score (nSPS) is 14.0. The molecule has 5 atom stereocenters. The van der Waals surface area contributed by atoms with Gasteiger partial charge in [0.05, 0.1) is 26.4 Å². The Morgan fingerprint density at radius 3 is 0.731 bits per heavy atom. The summed E-state index contributed by atoms with van der Waals surface area (Å²) in [6.45, 7) is 7.24. The van der Waals surface area contributed by atoms with Gasteiger partial charge in [-0.1, -0.05) is 336 Å². The zero-order valence-electron chi connectivity index (χ0n) is 60.4. The van der Waals surface area contributed by atoms with Crippen molar-refractivity contribution in [2.75, 3.05) is 39.6 Å². The predicted molar refractivity (Wildman–Crippen MR) is 377 cm³/mol. The number of aliphatic hydroxyl groups is 1. The van der Waals surface area contributed by atoms with E-state index in [4.69, 9.17) is 37.0 Å². The molecule has 17 nitrogen and oxygen atoms in total. The van der Waals surface area contributed by atoms with E-state index in [9.17, 15) is 43.2 Å². The Morgan fingerprint density at radius 2 is 0.495 bits per heavy atom. The van der Waals surface area contributed by atoms with Crippen LogP contribution in [0.25, 0.3) is 0 Å². The molecule has 0 rings (SSSR count). The average Bonchev–Trinajstić information content (AvgIpc) is 3.72. The number of ether oxygens (including phenoxy) is 4. The molecule has 0 aliphatic heterocycles. The fourth-order valence-electron chi connectivity index (χ4n) is 11.4. The van der Waals surface area contributed by atoms with E-state index in [0.717, 1.165) is 109 Å². The van der Waals surface area contributed by atoms with Crippen LogP contribution in [0, 0.1) is 5.92 Å². The Balaban J connectivity index is 5.17. The van der Waals surface area contributed by atoms with Crippen LogP contribution in [0.1, 0.15) is 388 Å². The van der Waals surface area contributed by atoms with Gasteiger partial charge in [0.25, 0.3) is 0 Å². The number of carbonyl (C=O) groups excluding carboxylic acids is 4. The van der Waals surface area contributed by atoms with Crippen molar-refractivity contribution in [1.29, 1.82) is 0 Å². The molecule has 0 bridgehead atoms. The van der Waals surface area contributed by atoms with E-state index in [0.29, 0.717) is 25.7 Å². The van der Waals surface area contributed by atoms with Gasteiger partial charge in [0.15, 0.2) is 12.2 Å². The Hall–Kier alpha value is -1.94. The van der Waals surface area contributed by atoms with E-state index < -0.39 is 97.5 Å². The highest BCUT2D eigenvalue weighted by Crippen LogP contribution is 2.45. The van der Waals surface area contributed by atoms with Gasteiger partial charge in [0.2, 0.25) is 0 Å². The minimum atomic E-state index is -4.95. The van der Waals surface area contributed by atoms with Crippen LogP contribution >= 0.6 is 15.6 Å². The lowest BCUT2D eigenvalue weighted by Gasteiger charge is -2.21. The number of phosphoric ester groups is 2. The molecule has 0 aromatic rings. The van der Waals surface area contributed by atoms with Crippen molar-refractivity contribution < 1.29 is 80.2 Å². The summed E-state index contributed by atoms with van der Waals surface area (Å²) < 4.78 is 68.3. The molecule has 0 aliphatic rings. The van der Waals surface area contributed by atoms with Gasteiger partial charge in [-0.3, -0.25) is 37.3 Å². The standard InChI is InChI=1S/C74H144O17P2/c1-6-9-12-15-18-20-22-24-25-26-27-28-29-30-31-35-40-45-50-55-60-74(79)91-70(64-85-72(77)58-53-48-43-38-36-32-33-37-42-46-51-56-67(4)5)66-89-93(82,83)87-62-68(75)61-86-92(80,81)88-65-69(63-84-71(76)57-52-47-41-17-14-11-8-3)90-73(78)59-54-49-44-39-34-23-21-19-16-13-10-7-2/h67-70,75H,6-66H2,1-5H3,(H,80,81)(H,82,83)/t68-,69+,70+/m0/s1. The van der Waals surface area contributed by atoms with Gasteiger partial charge < -0.3 is 33.8 Å². The second kappa shape index (κ2) is 67.3. The second-order valence-electron chi connectivity index (χ2n) is 27.2. The largest absolute Gasteiger partial charge is 0.472 e. The highest BCUT2D eigenvalue weighted by molar-refractivity contribution is 7.47. The summed E-state index contributed by atoms with van der Waals surface area (Å²) >= 11 is 0. The topological polar surface area (TPSA) is 237 Å². The Kier molecular flexibility index (Phi) is 65.9. The molecule has 0 aromatic heterocycles. The summed E-state index contributed by atoms with van der Waals surface area (Å²) in [5.41, 5.74) is 0. The van der Waals surface area contributed by atoms with E-state index in [1.165, 1.54) is 199 Å². The average molecular weight is 1370 g/mol. The molecule has 0 aliphatic carbocycles. The maximum Gasteiger partial charge on any atom is 0.472 e. The van der Waals surface area contributed by atoms with Gasteiger partial charge in [0, 0.05) is 25.7 Å². The molecule has 0 spiro atoms. The lowest BCUT2D eigenvalue weighted by atomic mass is 10.0. The fraction of sp³-hybridized carbons (Fsp3) is 0.946. The molecule has 552 valence electrons. The molecule has 0 aromatic carbocycles. The van der Waals surface area contributed by atoms with E-state index in [-0.39, 0.29) is 25.7 Å². The Bertz CT molecular complexity index is 1790. The first-order valence-electron chi connectivity index (χ1n) is 38.6. The first kappa shape index (κ1) is 91.1. The van der Waals surface area contributed by atoms with Crippen molar-refractivity contribution >= 4 is 39.5 Å². The number of carbonyl (C=O) groups is 4. The summed E-state index contributed by atoms with van der Waals surface area (Å²) in [6, 6.07) is 0. The van der Waals surface area contributed by atoms with Crippen molar-refractivity contribution in [2.24, 2.45) is 5.92 Å². The zero-order valence-corrected chi connectivity index (χ0v) is 62.2. The van der Waals surface area contributed by atoms with Crippen LogP contribution in [0.3, 0.4) is 0 Å². The molecule has 0 amide bonds. The molecular formula is C74H144O17P2. The summed E-state index contributed by atoms with van der Waals surface area (Å²) in [6.07, 6.45) is 55.6. The van der Waals surface area contributed by atoms with Crippen molar-refractivity contribution in [2.45, 2.75) is 406 Å². The number of phosphoric acid groups is 2. The Morgan fingerprint density at radius 1 is 0.290 bits per heavy atom. The molecule has 3 N–H and O–H groups in total. The maximum absolute atomic E-state index is 13.1. The molecule has 0 saturated heterocycles. The number of hydrogen-bond acceptors (Lipinski definition) is 15. The van der Waals surface area contributed by atoms with Gasteiger partial charge >= 0.3 is 39.5 Å². The highest BCUT2D eigenvalue weighted by Gasteiger charge is 2.30. The first-order chi connectivity index (χ1) is 45.0.